The predicted molar refractivity (Wildman–Crippen MR) is 113 cm³/mol. The molecule has 10 heteroatoms. The number of carbonyl (C=O) groups is 1. The number of anilines is 2. The number of carbonyl (C=O) groups excluding carboxylic acids is 1. The lowest BCUT2D eigenvalue weighted by Gasteiger charge is -2.10. The Morgan fingerprint density at radius 1 is 0.897 bits per heavy atom. The smallest absolute Gasteiger partial charge is 0.264 e. The Morgan fingerprint density at radius 3 is 2.00 bits per heavy atom. The van der Waals surface area contributed by atoms with Crippen molar-refractivity contribution in [3.05, 3.63) is 75.5 Å². The maximum atomic E-state index is 12.5. The summed E-state index contributed by atoms with van der Waals surface area (Å²) in [5.74, 6) is -0.426. The minimum atomic E-state index is -3.88. The monoisotopic (exact) mass is 450 g/mol. The quantitative estimate of drug-likeness (QED) is 0.597. The molecule has 0 bridgehead atoms. The van der Waals surface area contributed by atoms with E-state index in [-0.39, 0.29) is 16.4 Å². The molecule has 2 N–H and O–H groups in total. The van der Waals surface area contributed by atoms with Gasteiger partial charge < -0.3 is 5.32 Å². The molecule has 3 aromatic rings. The topological polar surface area (TPSA) is 101 Å². The van der Waals surface area contributed by atoms with Crippen molar-refractivity contribution in [2.75, 3.05) is 10.0 Å². The second-order valence-corrected chi connectivity index (χ2v) is 8.77. The molecule has 2 aromatic carbocycles. The van der Waals surface area contributed by atoms with Gasteiger partial charge in [-0.15, -0.1) is 0 Å². The molecule has 0 atom stereocenters. The van der Waals surface area contributed by atoms with Crippen LogP contribution in [-0.4, -0.2) is 24.3 Å². The lowest BCUT2D eigenvalue weighted by Crippen LogP contribution is -2.16. The van der Waals surface area contributed by atoms with Crippen LogP contribution in [0.4, 0.5) is 11.6 Å². The van der Waals surface area contributed by atoms with Crippen molar-refractivity contribution in [1.29, 1.82) is 0 Å². The highest BCUT2D eigenvalue weighted by molar-refractivity contribution is 7.92. The number of hydrogen-bond acceptors (Lipinski definition) is 5. The van der Waals surface area contributed by atoms with Crippen LogP contribution in [0.25, 0.3) is 0 Å². The first kappa shape index (κ1) is 21.0. The minimum absolute atomic E-state index is 0.00212. The Morgan fingerprint density at radius 2 is 1.45 bits per heavy atom. The van der Waals surface area contributed by atoms with Gasteiger partial charge in [0, 0.05) is 32.7 Å². The first-order chi connectivity index (χ1) is 13.6. The molecule has 1 amide bonds. The molecule has 150 valence electrons. The molecule has 29 heavy (non-hydrogen) atoms. The van der Waals surface area contributed by atoms with Crippen LogP contribution in [-0.2, 0) is 10.0 Å². The maximum absolute atomic E-state index is 12.5. The van der Waals surface area contributed by atoms with E-state index in [2.05, 4.69) is 20.0 Å². The molecule has 0 radical (unpaired) electrons. The van der Waals surface area contributed by atoms with E-state index in [9.17, 15) is 13.2 Å². The van der Waals surface area contributed by atoms with E-state index in [0.29, 0.717) is 27.1 Å². The van der Waals surface area contributed by atoms with Crippen molar-refractivity contribution < 1.29 is 13.2 Å². The molecule has 0 aliphatic rings. The number of aryl methyl sites for hydroxylation is 2. The van der Waals surface area contributed by atoms with E-state index < -0.39 is 15.9 Å². The summed E-state index contributed by atoms with van der Waals surface area (Å²) in [6.07, 6.45) is 0. The highest BCUT2D eigenvalue weighted by atomic mass is 35.5. The number of aromatic nitrogens is 2. The molecule has 0 fully saturated rings. The molecular weight excluding hydrogens is 435 g/mol. The Kier molecular flexibility index (Phi) is 6.07. The van der Waals surface area contributed by atoms with E-state index >= 15 is 0 Å². The third kappa shape index (κ3) is 5.44. The van der Waals surface area contributed by atoms with E-state index in [1.165, 1.54) is 42.5 Å². The molecule has 0 saturated heterocycles. The van der Waals surface area contributed by atoms with Crippen molar-refractivity contribution in [3.63, 3.8) is 0 Å². The standard InChI is InChI=1S/C19H16Cl2N4O3S/c1-11-7-12(2)23-19(22-11)25-29(27,28)17-5-3-16(4-6-17)24-18(26)13-8-14(20)10-15(21)9-13/h3-10H,1-2H3,(H,24,26)(H,22,23,25). The van der Waals surface area contributed by atoms with Gasteiger partial charge in [-0.2, -0.15) is 0 Å². The Bertz CT molecular complexity index is 1140. The summed E-state index contributed by atoms with van der Waals surface area (Å²) in [5, 5.41) is 3.33. The molecule has 7 nitrogen and oxygen atoms in total. The fourth-order valence-corrected chi connectivity index (χ4v) is 4.03. The largest absolute Gasteiger partial charge is 0.322 e. The summed E-state index contributed by atoms with van der Waals surface area (Å²) < 4.78 is 27.4. The third-order valence-electron chi connectivity index (χ3n) is 3.76. The van der Waals surface area contributed by atoms with Gasteiger partial charge in [0.05, 0.1) is 4.90 Å². The summed E-state index contributed by atoms with van der Waals surface area (Å²) >= 11 is 11.8. The Balaban J connectivity index is 1.75. The lowest BCUT2D eigenvalue weighted by atomic mass is 10.2. The minimum Gasteiger partial charge on any atom is -0.322 e. The predicted octanol–water partition coefficient (Wildman–Crippen LogP) is 4.45. The summed E-state index contributed by atoms with van der Waals surface area (Å²) in [4.78, 5) is 20.5. The van der Waals surface area contributed by atoms with Crippen LogP contribution in [0.15, 0.2) is 53.4 Å². The van der Waals surface area contributed by atoms with E-state index in [1.807, 2.05) is 0 Å². The first-order valence-electron chi connectivity index (χ1n) is 8.35. The van der Waals surface area contributed by atoms with Crippen LogP contribution >= 0.6 is 23.2 Å². The van der Waals surface area contributed by atoms with Crippen LogP contribution in [0.3, 0.4) is 0 Å². The van der Waals surface area contributed by atoms with Gasteiger partial charge in [-0.1, -0.05) is 23.2 Å². The van der Waals surface area contributed by atoms with Gasteiger partial charge in [0.15, 0.2) is 0 Å². The maximum Gasteiger partial charge on any atom is 0.264 e. The zero-order chi connectivity index (χ0) is 21.2. The number of nitrogens with zero attached hydrogens (tertiary/aromatic N) is 2. The van der Waals surface area contributed by atoms with Gasteiger partial charge in [0.25, 0.3) is 15.9 Å². The fraction of sp³-hybridized carbons (Fsp3) is 0.105. The second kappa shape index (κ2) is 8.36. The number of benzene rings is 2. The van der Waals surface area contributed by atoms with Gasteiger partial charge in [-0.05, 0) is 62.4 Å². The molecular formula is C19H16Cl2N4O3S. The summed E-state index contributed by atoms with van der Waals surface area (Å²) in [6.45, 7) is 3.49. The van der Waals surface area contributed by atoms with Gasteiger partial charge in [-0.25, -0.2) is 23.1 Å². The molecule has 1 aromatic heterocycles. The number of nitrogens with one attached hydrogen (secondary N) is 2. The molecule has 0 aliphatic heterocycles. The van der Waals surface area contributed by atoms with E-state index in [0.717, 1.165) is 0 Å². The summed E-state index contributed by atoms with van der Waals surface area (Å²) in [5.41, 5.74) is 1.99. The first-order valence-corrected chi connectivity index (χ1v) is 10.6. The van der Waals surface area contributed by atoms with Crippen LogP contribution in [0.1, 0.15) is 21.7 Å². The average molecular weight is 451 g/mol. The Labute approximate surface area is 178 Å². The molecule has 0 aliphatic carbocycles. The SMILES string of the molecule is Cc1cc(C)nc(NS(=O)(=O)c2ccc(NC(=O)c3cc(Cl)cc(Cl)c3)cc2)n1. The number of halogens is 2. The fourth-order valence-electron chi connectivity index (χ4n) is 2.56. The van der Waals surface area contributed by atoms with Gasteiger partial charge in [0.2, 0.25) is 5.95 Å². The normalized spacial score (nSPS) is 11.2. The van der Waals surface area contributed by atoms with E-state index in [4.69, 9.17) is 23.2 Å². The molecule has 0 unspecified atom stereocenters. The van der Waals surface area contributed by atoms with Crippen molar-refractivity contribution in [3.8, 4) is 0 Å². The van der Waals surface area contributed by atoms with Crippen LogP contribution in [0.5, 0.6) is 0 Å². The van der Waals surface area contributed by atoms with E-state index in [1.54, 1.807) is 19.9 Å². The van der Waals surface area contributed by atoms with Gasteiger partial charge >= 0.3 is 0 Å². The zero-order valence-corrected chi connectivity index (χ0v) is 17.7. The highest BCUT2D eigenvalue weighted by Crippen LogP contribution is 2.21. The molecule has 0 saturated carbocycles. The van der Waals surface area contributed by atoms with Crippen molar-refractivity contribution in [2.45, 2.75) is 18.7 Å². The number of amides is 1. The molecule has 3 rings (SSSR count). The van der Waals surface area contributed by atoms with Crippen molar-refractivity contribution in [1.82, 2.24) is 9.97 Å². The second-order valence-electron chi connectivity index (χ2n) is 6.22. The number of sulfonamides is 1. The number of rotatable bonds is 5. The van der Waals surface area contributed by atoms with Crippen LogP contribution in [0.2, 0.25) is 10.0 Å². The van der Waals surface area contributed by atoms with Crippen LogP contribution < -0.4 is 10.0 Å². The van der Waals surface area contributed by atoms with Crippen LogP contribution in [0, 0.1) is 13.8 Å². The highest BCUT2D eigenvalue weighted by Gasteiger charge is 2.16. The molecule has 1 heterocycles. The number of hydrogen-bond donors (Lipinski definition) is 2. The average Bonchev–Trinajstić information content (AvgIpc) is 2.60. The van der Waals surface area contributed by atoms with Gasteiger partial charge in [0.1, 0.15) is 0 Å². The van der Waals surface area contributed by atoms with Crippen molar-refractivity contribution in [2.24, 2.45) is 0 Å². The molecule has 0 spiro atoms. The summed E-state index contributed by atoms with van der Waals surface area (Å²) in [7, 11) is -3.88. The van der Waals surface area contributed by atoms with Crippen molar-refractivity contribution >= 4 is 50.8 Å². The summed E-state index contributed by atoms with van der Waals surface area (Å²) in [6, 6.07) is 11.9. The zero-order valence-electron chi connectivity index (χ0n) is 15.4. The Hall–Kier alpha value is -2.68. The third-order valence-corrected chi connectivity index (χ3v) is 5.54. The van der Waals surface area contributed by atoms with Gasteiger partial charge in [-0.3, -0.25) is 4.79 Å². The lowest BCUT2D eigenvalue weighted by molar-refractivity contribution is 0.102.